The van der Waals surface area contributed by atoms with Gasteiger partial charge in [-0.25, -0.2) is 0 Å². The SMILES string of the molecule is C=C1[C@@H](C(=O)OC)[C@@H]1C(C)(C)C. The highest BCUT2D eigenvalue weighted by Crippen LogP contribution is 2.55. The molecule has 0 aromatic heterocycles. The first-order chi connectivity index (χ1) is 5.39. The quantitative estimate of drug-likeness (QED) is 0.442. The number of methoxy groups -OCH3 is 1. The van der Waals surface area contributed by atoms with Gasteiger partial charge in [0.2, 0.25) is 0 Å². The van der Waals surface area contributed by atoms with Crippen LogP contribution in [-0.4, -0.2) is 13.1 Å². The van der Waals surface area contributed by atoms with Gasteiger partial charge in [0.1, 0.15) is 0 Å². The highest BCUT2D eigenvalue weighted by atomic mass is 16.5. The van der Waals surface area contributed by atoms with Crippen molar-refractivity contribution in [1.29, 1.82) is 0 Å². The lowest BCUT2D eigenvalue weighted by molar-refractivity contribution is -0.142. The van der Waals surface area contributed by atoms with Gasteiger partial charge >= 0.3 is 5.97 Å². The van der Waals surface area contributed by atoms with E-state index in [1.54, 1.807) is 0 Å². The number of hydrogen-bond acceptors (Lipinski definition) is 2. The van der Waals surface area contributed by atoms with Crippen molar-refractivity contribution < 1.29 is 9.53 Å². The summed E-state index contributed by atoms with van der Waals surface area (Å²) in [7, 11) is 1.42. The molecule has 1 fully saturated rings. The molecule has 1 aliphatic rings. The molecule has 2 atom stereocenters. The topological polar surface area (TPSA) is 26.3 Å². The van der Waals surface area contributed by atoms with Crippen LogP contribution in [0.5, 0.6) is 0 Å². The molecule has 0 unspecified atom stereocenters. The van der Waals surface area contributed by atoms with E-state index in [1.807, 2.05) is 0 Å². The Morgan fingerprint density at radius 1 is 1.50 bits per heavy atom. The van der Waals surface area contributed by atoms with Crippen molar-refractivity contribution in [2.75, 3.05) is 7.11 Å². The largest absolute Gasteiger partial charge is 0.469 e. The minimum Gasteiger partial charge on any atom is -0.469 e. The summed E-state index contributed by atoms with van der Waals surface area (Å²) in [4.78, 5) is 11.2. The van der Waals surface area contributed by atoms with E-state index >= 15 is 0 Å². The van der Waals surface area contributed by atoms with E-state index in [0.29, 0.717) is 5.92 Å². The molecule has 0 aromatic carbocycles. The molecular weight excluding hydrogens is 152 g/mol. The van der Waals surface area contributed by atoms with Gasteiger partial charge in [0.05, 0.1) is 13.0 Å². The molecule has 0 amide bonds. The van der Waals surface area contributed by atoms with Crippen molar-refractivity contribution in [2.24, 2.45) is 17.3 Å². The number of carbonyl (C=O) groups excluding carboxylic acids is 1. The fourth-order valence-corrected chi connectivity index (χ4v) is 1.79. The lowest BCUT2D eigenvalue weighted by Crippen LogP contribution is -2.14. The Hall–Kier alpha value is -0.790. The van der Waals surface area contributed by atoms with Crippen LogP contribution in [0, 0.1) is 17.3 Å². The summed E-state index contributed by atoms with van der Waals surface area (Å²) in [6, 6.07) is 0. The Morgan fingerprint density at radius 3 is 2.25 bits per heavy atom. The average Bonchev–Trinajstić information content (AvgIpc) is 2.59. The Morgan fingerprint density at radius 2 is 2.00 bits per heavy atom. The Kier molecular flexibility index (Phi) is 2.02. The van der Waals surface area contributed by atoms with E-state index in [9.17, 15) is 4.79 Å². The van der Waals surface area contributed by atoms with Crippen LogP contribution in [0.2, 0.25) is 0 Å². The number of ether oxygens (including phenoxy) is 1. The first-order valence-corrected chi connectivity index (χ1v) is 4.16. The Bertz CT molecular complexity index is 222. The number of carbonyl (C=O) groups is 1. The highest BCUT2D eigenvalue weighted by Gasteiger charge is 2.54. The van der Waals surface area contributed by atoms with Crippen LogP contribution in [-0.2, 0) is 9.53 Å². The van der Waals surface area contributed by atoms with Gasteiger partial charge in [0.25, 0.3) is 0 Å². The van der Waals surface area contributed by atoms with E-state index in [2.05, 4.69) is 32.1 Å². The monoisotopic (exact) mass is 168 g/mol. The molecule has 2 nitrogen and oxygen atoms in total. The normalized spacial score (nSPS) is 28.5. The maximum absolute atomic E-state index is 11.2. The summed E-state index contributed by atoms with van der Waals surface area (Å²) in [5.74, 6) is 0.125. The summed E-state index contributed by atoms with van der Waals surface area (Å²) >= 11 is 0. The standard InChI is InChI=1S/C10H16O2/c1-6-7(9(11)12-5)8(6)10(2,3)4/h7-8H,1H2,2-5H3/t7-,8-/m1/s1. The lowest BCUT2D eigenvalue weighted by atomic mass is 9.88. The van der Waals surface area contributed by atoms with Gasteiger partial charge < -0.3 is 4.74 Å². The predicted octanol–water partition coefficient (Wildman–Crippen LogP) is 2.01. The van der Waals surface area contributed by atoms with Crippen LogP contribution in [0.3, 0.4) is 0 Å². The maximum atomic E-state index is 11.2. The van der Waals surface area contributed by atoms with E-state index in [4.69, 9.17) is 0 Å². The van der Waals surface area contributed by atoms with Crippen molar-refractivity contribution in [3.05, 3.63) is 12.2 Å². The summed E-state index contributed by atoms with van der Waals surface area (Å²) in [6.45, 7) is 10.2. The molecule has 0 spiro atoms. The Labute approximate surface area is 73.6 Å². The van der Waals surface area contributed by atoms with Crippen molar-refractivity contribution in [2.45, 2.75) is 20.8 Å². The third-order valence-electron chi connectivity index (χ3n) is 2.41. The number of hydrogen-bond donors (Lipinski definition) is 0. The van der Waals surface area contributed by atoms with Crippen molar-refractivity contribution in [3.63, 3.8) is 0 Å². The maximum Gasteiger partial charge on any atom is 0.313 e. The first kappa shape index (κ1) is 9.30. The van der Waals surface area contributed by atoms with Crippen LogP contribution in [0.15, 0.2) is 12.2 Å². The second kappa shape index (κ2) is 2.61. The second-order valence-electron chi connectivity index (χ2n) is 4.42. The molecule has 0 aromatic rings. The lowest BCUT2D eigenvalue weighted by Gasteiger charge is -2.16. The van der Waals surface area contributed by atoms with Gasteiger partial charge in [0.15, 0.2) is 0 Å². The summed E-state index contributed by atoms with van der Waals surface area (Å²) in [5.41, 5.74) is 1.16. The van der Waals surface area contributed by atoms with Crippen LogP contribution in [0.4, 0.5) is 0 Å². The van der Waals surface area contributed by atoms with Gasteiger partial charge in [0, 0.05) is 5.92 Å². The fraction of sp³-hybridized carbons (Fsp3) is 0.700. The zero-order valence-corrected chi connectivity index (χ0v) is 8.18. The van der Waals surface area contributed by atoms with Gasteiger partial charge in [-0.3, -0.25) is 4.79 Å². The van der Waals surface area contributed by atoms with E-state index < -0.39 is 0 Å². The molecule has 0 N–H and O–H groups in total. The minimum absolute atomic E-state index is 0.0463. The molecule has 2 heteroatoms. The van der Waals surface area contributed by atoms with Crippen molar-refractivity contribution in [1.82, 2.24) is 0 Å². The number of esters is 1. The molecule has 0 radical (unpaired) electrons. The molecule has 0 aliphatic heterocycles. The van der Waals surface area contributed by atoms with Crippen LogP contribution >= 0.6 is 0 Å². The second-order valence-corrected chi connectivity index (χ2v) is 4.42. The van der Waals surface area contributed by atoms with Gasteiger partial charge in [-0.15, -0.1) is 0 Å². The van der Waals surface area contributed by atoms with Crippen molar-refractivity contribution >= 4 is 5.97 Å². The van der Waals surface area contributed by atoms with Gasteiger partial charge in [-0.05, 0) is 5.41 Å². The molecule has 12 heavy (non-hydrogen) atoms. The summed E-state index contributed by atoms with van der Waals surface area (Å²) in [5, 5.41) is 0. The smallest absolute Gasteiger partial charge is 0.313 e. The molecule has 1 aliphatic carbocycles. The fourth-order valence-electron chi connectivity index (χ4n) is 1.79. The third kappa shape index (κ3) is 1.38. The first-order valence-electron chi connectivity index (χ1n) is 4.16. The van der Waals surface area contributed by atoms with Crippen molar-refractivity contribution in [3.8, 4) is 0 Å². The Balaban J connectivity index is 2.66. The number of rotatable bonds is 1. The minimum atomic E-state index is -0.139. The van der Waals surface area contributed by atoms with Gasteiger partial charge in [-0.1, -0.05) is 32.9 Å². The highest BCUT2D eigenvalue weighted by molar-refractivity contribution is 5.82. The molecule has 0 bridgehead atoms. The molecule has 1 saturated carbocycles. The summed E-state index contributed by atoms with van der Waals surface area (Å²) in [6.07, 6.45) is 0. The predicted molar refractivity (Wildman–Crippen MR) is 47.6 cm³/mol. The average molecular weight is 168 g/mol. The zero-order valence-electron chi connectivity index (χ0n) is 8.18. The molecular formula is C10H16O2. The van der Waals surface area contributed by atoms with Crippen LogP contribution in [0.25, 0.3) is 0 Å². The molecule has 0 heterocycles. The summed E-state index contributed by atoms with van der Waals surface area (Å²) < 4.78 is 4.67. The zero-order chi connectivity index (χ0) is 9.52. The van der Waals surface area contributed by atoms with Gasteiger partial charge in [-0.2, -0.15) is 0 Å². The molecule has 0 saturated heterocycles. The van der Waals surface area contributed by atoms with E-state index in [-0.39, 0.29) is 17.3 Å². The van der Waals surface area contributed by atoms with E-state index in [0.717, 1.165) is 5.57 Å². The third-order valence-corrected chi connectivity index (χ3v) is 2.41. The van der Waals surface area contributed by atoms with Crippen LogP contribution < -0.4 is 0 Å². The van der Waals surface area contributed by atoms with E-state index in [1.165, 1.54) is 7.11 Å². The molecule has 68 valence electrons. The van der Waals surface area contributed by atoms with Crippen LogP contribution in [0.1, 0.15) is 20.8 Å². The molecule has 1 rings (SSSR count).